The lowest BCUT2D eigenvalue weighted by molar-refractivity contribution is -0.915. The molecule has 2 N–H and O–H groups in total. The maximum absolute atomic E-state index is 15.5. The maximum atomic E-state index is 15.5. The summed E-state index contributed by atoms with van der Waals surface area (Å²) in [4.78, 5) is 45.1. The molecule has 19 heteroatoms. The molecule has 1 saturated heterocycles. The standard InChI is InChI=1S/C39H46F2N10O6.BrH/c1-25-16-28(17-26(2)35(25)56-34(52)20-46(7)37(54)57-38(4,5)6)19-47-23-43-48(24-47)21-39(55,32-13-8-29(40)18-33(32)41)27(3)49-14-15-50(36(49)53)30-9-11-31(12-10-30)51-22-42-44-45-51;/h8-13,16-18,22-23,27,55H,14-15,19-21,24H2,1-7H3;1H/t27-,39-;/m1./s1. The number of quaternary nitrogens is 1. The Balaban J connectivity index is 0.00000641. The van der Waals surface area contributed by atoms with Crippen LogP contribution in [0.25, 0.3) is 5.69 Å². The summed E-state index contributed by atoms with van der Waals surface area (Å²) in [7, 11) is 1.46. The van der Waals surface area contributed by atoms with Crippen molar-refractivity contribution in [1.29, 1.82) is 0 Å². The number of carbonyl (C=O) groups excluding carboxylic acids is 3. The minimum atomic E-state index is -1.98. The fourth-order valence-corrected chi connectivity index (χ4v) is 7.04. The van der Waals surface area contributed by atoms with Crippen molar-refractivity contribution in [2.24, 2.45) is 5.10 Å². The molecule has 16 nitrogen and oxygen atoms in total. The fourth-order valence-electron chi connectivity index (χ4n) is 7.04. The molecule has 3 atom stereocenters. The second kappa shape index (κ2) is 17.5. The summed E-state index contributed by atoms with van der Waals surface area (Å²) in [5.74, 6) is -1.96. The number of amides is 3. The Morgan fingerprint density at radius 2 is 1.69 bits per heavy atom. The van der Waals surface area contributed by atoms with Gasteiger partial charge in [0.15, 0.2) is 18.6 Å². The first-order valence-corrected chi connectivity index (χ1v) is 18.4. The van der Waals surface area contributed by atoms with E-state index in [2.05, 4.69) is 20.6 Å². The van der Waals surface area contributed by atoms with Gasteiger partial charge in [0.2, 0.25) is 0 Å². The molecule has 2 aliphatic rings. The molecule has 0 bridgehead atoms. The van der Waals surface area contributed by atoms with Crippen molar-refractivity contribution >= 4 is 30.1 Å². The highest BCUT2D eigenvalue weighted by molar-refractivity contribution is 5.94. The summed E-state index contributed by atoms with van der Waals surface area (Å²) >= 11 is 0. The van der Waals surface area contributed by atoms with Crippen molar-refractivity contribution in [3.63, 3.8) is 0 Å². The van der Waals surface area contributed by atoms with Gasteiger partial charge in [-0.05, 0) is 105 Å². The number of aryl methyl sites for hydroxylation is 2. The van der Waals surface area contributed by atoms with Crippen LogP contribution in [0.4, 0.5) is 24.1 Å². The summed E-state index contributed by atoms with van der Waals surface area (Å²) in [6, 6.07) is 12.5. The molecule has 3 amide bonds. The third-order valence-corrected chi connectivity index (χ3v) is 9.83. The van der Waals surface area contributed by atoms with Crippen LogP contribution in [0.15, 0.2) is 66.0 Å². The van der Waals surface area contributed by atoms with Crippen LogP contribution in [0.2, 0.25) is 0 Å². The molecule has 0 spiro atoms. The third kappa shape index (κ3) is 9.76. The van der Waals surface area contributed by atoms with Gasteiger partial charge in [-0.1, -0.05) is 17.2 Å². The molecule has 1 aromatic heterocycles. The number of nitrogens with zero attached hydrogens (tertiary/aromatic N) is 9. The van der Waals surface area contributed by atoms with Crippen molar-refractivity contribution in [3.05, 3.63) is 94.8 Å². The van der Waals surface area contributed by atoms with Crippen LogP contribution in [-0.4, -0.2) is 116 Å². The second-order valence-electron chi connectivity index (χ2n) is 15.4. The molecule has 0 saturated carbocycles. The first kappa shape index (κ1) is 43.6. The molecular formula is C39H47BrF2N10O6. The van der Waals surface area contributed by atoms with Crippen molar-refractivity contribution in [2.45, 2.75) is 65.3 Å². The Morgan fingerprint density at radius 1 is 1.02 bits per heavy atom. The monoisotopic (exact) mass is 868 g/mol. The van der Waals surface area contributed by atoms with Crippen LogP contribution in [0.3, 0.4) is 0 Å². The predicted octanol–water partition coefficient (Wildman–Crippen LogP) is 0.153. The molecule has 4 aromatic rings. The smallest absolute Gasteiger partial charge is 0.410 e. The molecule has 6 rings (SSSR count). The normalized spacial score (nSPS) is 16.9. The number of hydrogen-bond acceptors (Lipinski definition) is 11. The number of tetrazole rings is 1. The number of urea groups is 1. The quantitative estimate of drug-likeness (QED) is 0.148. The van der Waals surface area contributed by atoms with Crippen LogP contribution in [0.5, 0.6) is 5.75 Å². The van der Waals surface area contributed by atoms with E-state index in [9.17, 15) is 23.9 Å². The molecule has 0 aliphatic carbocycles. The van der Waals surface area contributed by atoms with Gasteiger partial charge in [0.1, 0.15) is 42.4 Å². The number of aliphatic hydroxyl groups is 1. The summed E-state index contributed by atoms with van der Waals surface area (Å²) < 4.78 is 42.1. The van der Waals surface area contributed by atoms with Gasteiger partial charge in [0, 0.05) is 44.0 Å². The van der Waals surface area contributed by atoms with E-state index in [1.165, 1.54) is 29.0 Å². The Morgan fingerprint density at radius 3 is 2.31 bits per heavy atom. The molecule has 3 aromatic carbocycles. The fraction of sp³-hybridized carbons (Fsp3) is 0.410. The van der Waals surface area contributed by atoms with Gasteiger partial charge in [0.25, 0.3) is 0 Å². The topological polar surface area (TPSA) is 163 Å². The molecule has 1 fully saturated rings. The van der Waals surface area contributed by atoms with E-state index in [0.717, 1.165) is 22.6 Å². The molecule has 0 radical (unpaired) electrons. The van der Waals surface area contributed by atoms with Gasteiger partial charge in [-0.3, -0.25) is 4.90 Å². The molecule has 2 aliphatic heterocycles. The minimum Gasteiger partial charge on any atom is -1.00 e. The van der Waals surface area contributed by atoms with Crippen molar-refractivity contribution in [1.82, 2.24) is 34.9 Å². The van der Waals surface area contributed by atoms with E-state index in [4.69, 9.17) is 9.47 Å². The largest absolute Gasteiger partial charge is 1.00 e. The highest BCUT2D eigenvalue weighted by atomic mass is 79.9. The first-order chi connectivity index (χ1) is 26.9. The lowest BCUT2D eigenvalue weighted by Crippen LogP contribution is -3.09. The molecular weight excluding hydrogens is 822 g/mol. The second-order valence-corrected chi connectivity index (χ2v) is 15.4. The lowest BCUT2D eigenvalue weighted by Gasteiger charge is -2.39. The lowest BCUT2D eigenvalue weighted by atomic mass is 9.85. The Labute approximate surface area is 345 Å². The highest BCUT2D eigenvalue weighted by Crippen LogP contribution is 2.33. The van der Waals surface area contributed by atoms with Crippen LogP contribution < -0.4 is 31.6 Å². The van der Waals surface area contributed by atoms with Gasteiger partial charge in [-0.2, -0.15) is 5.01 Å². The zero-order valence-corrected chi connectivity index (χ0v) is 34.9. The van der Waals surface area contributed by atoms with Gasteiger partial charge in [0.05, 0.1) is 11.7 Å². The van der Waals surface area contributed by atoms with Gasteiger partial charge in [-0.25, -0.2) is 27.8 Å². The highest BCUT2D eigenvalue weighted by Gasteiger charge is 2.49. The zero-order valence-electron chi connectivity index (χ0n) is 33.3. The van der Waals surface area contributed by atoms with Crippen LogP contribution in [-0.2, 0) is 21.7 Å². The van der Waals surface area contributed by atoms with Crippen LogP contribution >= 0.6 is 0 Å². The summed E-state index contributed by atoms with van der Waals surface area (Å²) in [5, 5.41) is 28.7. The average Bonchev–Trinajstić information content (AvgIpc) is 3.91. The number of ether oxygens (including phenoxy) is 2. The SMILES string of the molecule is Cc1cc(CN2C=N[NH+](C[C@](O)(c3ccc(F)cc3F)[C@@H](C)N3CCN(c4ccc(-n5cnnn5)cc4)C3=O)C2)cc(C)c1OC(=O)CN(C)C(=O)OC(C)(C)C.[Br-]. The molecule has 58 heavy (non-hydrogen) atoms. The first-order valence-electron chi connectivity index (χ1n) is 18.4. The van der Waals surface area contributed by atoms with E-state index in [1.54, 1.807) is 63.2 Å². The maximum Gasteiger partial charge on any atom is 0.410 e. The van der Waals surface area contributed by atoms with Crippen LogP contribution in [0, 0.1) is 25.5 Å². The zero-order chi connectivity index (χ0) is 41.2. The van der Waals surface area contributed by atoms with E-state index < -0.39 is 40.9 Å². The summed E-state index contributed by atoms with van der Waals surface area (Å²) in [5.41, 5.74) is 0.802. The number of esters is 1. The Bertz CT molecular complexity index is 2130. The van der Waals surface area contributed by atoms with Crippen molar-refractivity contribution < 1.29 is 59.7 Å². The van der Waals surface area contributed by atoms with E-state index in [1.807, 2.05) is 30.9 Å². The number of anilines is 1. The number of aromatic nitrogens is 4. The number of hydrogen-bond donors (Lipinski definition) is 2. The van der Waals surface area contributed by atoms with Gasteiger partial charge < -0.3 is 46.3 Å². The van der Waals surface area contributed by atoms with Gasteiger partial charge >= 0.3 is 18.1 Å². The number of nitrogens with one attached hydrogen (secondary N) is 1. The minimum absolute atomic E-state index is 0. The molecule has 1 unspecified atom stereocenters. The number of rotatable bonds is 12. The van der Waals surface area contributed by atoms with E-state index >= 15 is 4.39 Å². The number of carbonyl (C=O) groups is 3. The number of likely N-dealkylation sites (N-methyl/N-ethyl adjacent to an activating group) is 1. The van der Waals surface area contributed by atoms with E-state index in [-0.39, 0.29) is 54.9 Å². The molecule has 310 valence electrons. The molecule has 3 heterocycles. The summed E-state index contributed by atoms with van der Waals surface area (Å²) in [6.45, 7) is 11.3. The predicted molar refractivity (Wildman–Crippen MR) is 203 cm³/mol. The van der Waals surface area contributed by atoms with Gasteiger partial charge in [-0.15, -0.1) is 5.10 Å². The summed E-state index contributed by atoms with van der Waals surface area (Å²) in [6.07, 6.45) is 2.45. The van der Waals surface area contributed by atoms with Crippen LogP contribution in [0.1, 0.15) is 49.9 Å². The number of halogens is 3. The van der Waals surface area contributed by atoms with Crippen molar-refractivity contribution in [2.75, 3.05) is 44.8 Å². The van der Waals surface area contributed by atoms with E-state index in [0.29, 0.717) is 46.3 Å². The Hall–Kier alpha value is -5.53. The Kier molecular flexibility index (Phi) is 13.2. The van der Waals surface area contributed by atoms with Crippen molar-refractivity contribution in [3.8, 4) is 11.4 Å². The third-order valence-electron chi connectivity index (χ3n) is 9.83. The number of benzene rings is 3. The average molecular weight is 870 g/mol.